The topological polar surface area (TPSA) is 0 Å². The van der Waals surface area contributed by atoms with Crippen LogP contribution in [0.1, 0.15) is 0 Å². The van der Waals surface area contributed by atoms with Gasteiger partial charge in [0, 0.05) is 0 Å². The first-order valence-corrected chi connectivity index (χ1v) is 3.85. The molecular weight excluding hydrogens is 329 g/mol. The van der Waals surface area contributed by atoms with E-state index in [9.17, 15) is 22.0 Å². The van der Waals surface area contributed by atoms with Gasteiger partial charge in [0.15, 0.2) is 0 Å². The van der Waals surface area contributed by atoms with E-state index in [0.717, 1.165) is 0 Å². The summed E-state index contributed by atoms with van der Waals surface area (Å²) in [6, 6.07) is 0. The van der Waals surface area contributed by atoms with Crippen molar-refractivity contribution in [2.24, 2.45) is 0 Å². The lowest BCUT2D eigenvalue weighted by molar-refractivity contribution is -0.209. The molecule has 0 amide bonds. The van der Waals surface area contributed by atoms with Crippen LogP contribution in [0.4, 0.5) is 22.0 Å². The van der Waals surface area contributed by atoms with Gasteiger partial charge in [-0.15, -0.1) is 0 Å². The minimum Gasteiger partial charge on any atom is -0.210 e. The first-order chi connectivity index (χ1) is 4.50. The molecule has 8 heteroatoms. The van der Waals surface area contributed by atoms with Gasteiger partial charge in [0.25, 0.3) is 3.13 Å². The zero-order valence-electron chi connectivity index (χ0n) is 4.52. The number of hydrogen-bond acceptors (Lipinski definition) is 0. The molecule has 0 spiro atoms. The Hall–Kier alpha value is 0.960. The molecule has 11 heavy (non-hydrogen) atoms. The van der Waals surface area contributed by atoms with E-state index in [1.807, 2.05) is 0 Å². The monoisotopic (exact) mass is 328 g/mol. The maximum atomic E-state index is 12.2. The van der Waals surface area contributed by atoms with E-state index in [1.54, 1.807) is 0 Å². The van der Waals surface area contributed by atoms with Crippen LogP contribution in [0.15, 0.2) is 0 Å². The lowest BCUT2D eigenvalue weighted by Gasteiger charge is -2.26. The fourth-order valence-corrected chi connectivity index (χ4v) is 0.574. The average Bonchev–Trinajstić information content (AvgIpc) is 1.58. The molecule has 0 aromatic rings. The summed E-state index contributed by atoms with van der Waals surface area (Å²) in [6.07, 6.45) is -5.54. The molecule has 0 radical (unpaired) electrons. The van der Waals surface area contributed by atoms with Crippen molar-refractivity contribution >= 4 is 45.8 Å². The molecule has 0 aromatic carbocycles. The summed E-state index contributed by atoms with van der Waals surface area (Å²) in [5.74, 6) is 0. The Kier molecular flexibility index (Phi) is 3.29. The van der Waals surface area contributed by atoms with Crippen LogP contribution in [0.5, 0.6) is 0 Å². The van der Waals surface area contributed by atoms with Gasteiger partial charge < -0.3 is 0 Å². The quantitative estimate of drug-likeness (QED) is 0.391. The molecule has 0 bridgehead atoms. The van der Waals surface area contributed by atoms with Crippen molar-refractivity contribution in [3.63, 3.8) is 0 Å². The second-order valence-electron chi connectivity index (χ2n) is 1.57. The predicted molar refractivity (Wildman–Crippen MR) is 39.5 cm³/mol. The summed E-state index contributed by atoms with van der Waals surface area (Å²) < 4.78 is 55.2. The minimum absolute atomic E-state index is 0.416. The van der Waals surface area contributed by atoms with Gasteiger partial charge in [-0.25, -0.2) is 8.78 Å². The molecular formula is C3Cl2F5I. The number of rotatable bonds is 1. The standard InChI is InChI=1S/C3Cl2F5I/c4-1(6,2(5,7)11)3(8,9)10. The number of alkyl halides is 8. The summed E-state index contributed by atoms with van der Waals surface area (Å²) in [7, 11) is 0. The molecule has 0 nitrogen and oxygen atoms in total. The SMILES string of the molecule is FC(F)(F)C(F)(Cl)C(F)(Cl)I. The van der Waals surface area contributed by atoms with E-state index < -0.39 is 14.4 Å². The maximum absolute atomic E-state index is 12.2. The molecule has 0 rings (SSSR count). The molecule has 2 unspecified atom stereocenters. The van der Waals surface area contributed by atoms with E-state index in [2.05, 4.69) is 23.2 Å². The Balaban J connectivity index is 4.75. The van der Waals surface area contributed by atoms with Crippen molar-refractivity contribution in [3.05, 3.63) is 0 Å². The van der Waals surface area contributed by atoms with E-state index in [0.29, 0.717) is 22.6 Å². The van der Waals surface area contributed by atoms with Crippen LogP contribution in [0.3, 0.4) is 0 Å². The van der Waals surface area contributed by atoms with E-state index in [4.69, 9.17) is 0 Å². The third-order valence-electron chi connectivity index (χ3n) is 0.712. The van der Waals surface area contributed by atoms with Gasteiger partial charge in [-0.3, -0.25) is 0 Å². The molecule has 0 saturated carbocycles. The Morgan fingerprint density at radius 1 is 0.909 bits per heavy atom. The first kappa shape index (κ1) is 12.0. The smallest absolute Gasteiger partial charge is 0.210 e. The summed E-state index contributed by atoms with van der Waals surface area (Å²) in [6.45, 7) is 0. The molecule has 0 heterocycles. The number of hydrogen-bond donors (Lipinski definition) is 0. The van der Waals surface area contributed by atoms with Crippen LogP contribution < -0.4 is 0 Å². The minimum atomic E-state index is -5.54. The molecule has 0 fully saturated rings. The third kappa shape index (κ3) is 2.45. The van der Waals surface area contributed by atoms with Crippen molar-refractivity contribution in [2.45, 2.75) is 14.4 Å². The molecule has 2 atom stereocenters. The van der Waals surface area contributed by atoms with Crippen molar-refractivity contribution in [1.82, 2.24) is 0 Å². The van der Waals surface area contributed by atoms with Crippen molar-refractivity contribution < 1.29 is 22.0 Å². The average molecular weight is 329 g/mol. The highest BCUT2D eigenvalue weighted by Crippen LogP contribution is 2.52. The predicted octanol–water partition coefficient (Wildman–Crippen LogP) is 3.75. The fraction of sp³-hybridized carbons (Fsp3) is 1.00. The summed E-state index contributed by atoms with van der Waals surface area (Å²) in [4.78, 5) is 0. The highest BCUT2D eigenvalue weighted by atomic mass is 127. The largest absolute Gasteiger partial charge is 0.442 e. The molecule has 0 saturated heterocycles. The van der Waals surface area contributed by atoms with Crippen LogP contribution in [0.2, 0.25) is 0 Å². The second-order valence-corrected chi connectivity index (χ2v) is 4.74. The van der Waals surface area contributed by atoms with Crippen LogP contribution in [0, 0.1) is 0 Å². The lowest BCUT2D eigenvalue weighted by Crippen LogP contribution is -2.46. The third-order valence-corrected chi connectivity index (χ3v) is 2.61. The summed E-state index contributed by atoms with van der Waals surface area (Å²) >= 11 is 9.00. The molecule has 0 aliphatic heterocycles. The molecule has 0 N–H and O–H groups in total. The highest BCUT2D eigenvalue weighted by Gasteiger charge is 2.68. The Morgan fingerprint density at radius 3 is 1.18 bits per heavy atom. The van der Waals surface area contributed by atoms with Gasteiger partial charge in [0.1, 0.15) is 0 Å². The molecule has 0 aromatic heterocycles. The Bertz CT molecular complexity index is 131. The van der Waals surface area contributed by atoms with Crippen LogP contribution in [-0.4, -0.2) is 14.4 Å². The van der Waals surface area contributed by atoms with Gasteiger partial charge in [-0.05, 0) is 22.6 Å². The van der Waals surface area contributed by atoms with Gasteiger partial charge >= 0.3 is 11.3 Å². The molecule has 0 aliphatic rings. The van der Waals surface area contributed by atoms with Gasteiger partial charge in [0.05, 0.1) is 0 Å². The zero-order valence-corrected chi connectivity index (χ0v) is 8.19. The summed E-state index contributed by atoms with van der Waals surface area (Å²) in [5.41, 5.74) is 0. The Labute approximate surface area is 82.2 Å². The van der Waals surface area contributed by atoms with Crippen molar-refractivity contribution in [2.75, 3.05) is 0 Å². The van der Waals surface area contributed by atoms with Crippen LogP contribution in [0.25, 0.3) is 0 Å². The fourth-order valence-electron chi connectivity index (χ4n) is 0.161. The summed E-state index contributed by atoms with van der Waals surface area (Å²) in [5, 5.41) is -4.57. The van der Waals surface area contributed by atoms with Gasteiger partial charge in [0.2, 0.25) is 0 Å². The van der Waals surface area contributed by atoms with Crippen LogP contribution in [-0.2, 0) is 0 Å². The van der Waals surface area contributed by atoms with Gasteiger partial charge in [-0.1, -0.05) is 23.2 Å². The van der Waals surface area contributed by atoms with E-state index >= 15 is 0 Å². The number of halogens is 8. The first-order valence-electron chi connectivity index (χ1n) is 2.01. The highest BCUT2D eigenvalue weighted by molar-refractivity contribution is 14.1. The van der Waals surface area contributed by atoms with Crippen molar-refractivity contribution in [1.29, 1.82) is 0 Å². The van der Waals surface area contributed by atoms with E-state index in [1.165, 1.54) is 0 Å². The van der Waals surface area contributed by atoms with Gasteiger partial charge in [-0.2, -0.15) is 13.2 Å². The normalized spacial score (nSPS) is 24.0. The van der Waals surface area contributed by atoms with Crippen LogP contribution >= 0.6 is 45.8 Å². The lowest BCUT2D eigenvalue weighted by atomic mass is 10.4. The molecule has 0 aliphatic carbocycles. The maximum Gasteiger partial charge on any atom is 0.442 e. The second kappa shape index (κ2) is 3.02. The van der Waals surface area contributed by atoms with Crippen molar-refractivity contribution in [3.8, 4) is 0 Å². The Morgan fingerprint density at radius 2 is 1.18 bits per heavy atom. The van der Waals surface area contributed by atoms with E-state index in [-0.39, 0.29) is 0 Å². The molecule has 68 valence electrons. The zero-order chi connectivity index (χ0) is 9.50.